The highest BCUT2D eigenvalue weighted by Gasteiger charge is 2.31. The van der Waals surface area contributed by atoms with E-state index in [9.17, 15) is 21.6 Å². The van der Waals surface area contributed by atoms with Crippen LogP contribution in [0.5, 0.6) is 0 Å². The lowest BCUT2D eigenvalue weighted by Crippen LogP contribution is -2.31. The minimum Gasteiger partial charge on any atom is -0.372 e. The molecule has 0 aliphatic rings. The number of sulfonamides is 1. The van der Waals surface area contributed by atoms with E-state index in [1.54, 1.807) is 0 Å². The highest BCUT2D eigenvalue weighted by Crippen LogP contribution is 2.26. The maximum Gasteiger partial charge on any atom is 0.390 e. The van der Waals surface area contributed by atoms with E-state index >= 15 is 0 Å². The Hall–Kier alpha value is -0.870. The second kappa shape index (κ2) is 6.27. The topological polar surface area (TPSA) is 62.3 Å². The summed E-state index contributed by atoms with van der Waals surface area (Å²) in [6.07, 6.45) is -4.23. The average molecular weight is 376 g/mol. The minimum absolute atomic E-state index is 0.0760. The van der Waals surface area contributed by atoms with Gasteiger partial charge in [0.2, 0.25) is 10.0 Å². The number of hydrogen-bond donors (Lipinski definition) is 1. The molecule has 0 saturated heterocycles. The van der Waals surface area contributed by atoms with Crippen LogP contribution in [0.1, 0.15) is 6.42 Å². The van der Waals surface area contributed by atoms with Crippen LogP contribution in [-0.4, -0.2) is 44.5 Å². The van der Waals surface area contributed by atoms with Crippen LogP contribution in [0.25, 0.3) is 0 Å². The number of pyridine rings is 1. The molecule has 0 fully saturated rings. The molecule has 0 radical (unpaired) electrons. The molecule has 20 heavy (non-hydrogen) atoms. The van der Waals surface area contributed by atoms with Gasteiger partial charge in [0, 0.05) is 31.3 Å². The Bertz CT molecular complexity index is 578. The van der Waals surface area contributed by atoms with Crippen molar-refractivity contribution in [2.75, 3.05) is 26.0 Å². The first-order chi connectivity index (χ1) is 9.08. The van der Waals surface area contributed by atoms with Crippen molar-refractivity contribution < 1.29 is 21.6 Å². The highest BCUT2D eigenvalue weighted by molar-refractivity contribution is 9.10. The second-order valence-corrected chi connectivity index (χ2v) is 6.87. The van der Waals surface area contributed by atoms with Gasteiger partial charge >= 0.3 is 6.18 Å². The van der Waals surface area contributed by atoms with Crippen molar-refractivity contribution in [3.05, 3.63) is 16.7 Å². The van der Waals surface area contributed by atoms with Gasteiger partial charge in [-0.25, -0.2) is 17.7 Å². The van der Waals surface area contributed by atoms with Crippen molar-refractivity contribution in [2.24, 2.45) is 0 Å². The summed E-state index contributed by atoms with van der Waals surface area (Å²) in [5, 5.41) is 2.60. The van der Waals surface area contributed by atoms with Crippen molar-refractivity contribution in [2.45, 2.75) is 17.5 Å². The largest absolute Gasteiger partial charge is 0.390 e. The van der Waals surface area contributed by atoms with Crippen LogP contribution in [0.4, 0.5) is 19.0 Å². The summed E-state index contributed by atoms with van der Waals surface area (Å²) in [5.74, 6) is 0.0760. The van der Waals surface area contributed by atoms with Gasteiger partial charge in [-0.2, -0.15) is 13.2 Å². The molecule has 0 unspecified atom stereocenters. The van der Waals surface area contributed by atoms with Crippen molar-refractivity contribution in [3.63, 3.8) is 0 Å². The van der Waals surface area contributed by atoms with E-state index in [0.717, 1.165) is 7.05 Å². The highest BCUT2D eigenvalue weighted by atomic mass is 79.9. The maximum absolute atomic E-state index is 12.2. The Morgan fingerprint density at radius 1 is 1.45 bits per heavy atom. The molecule has 1 aromatic heterocycles. The van der Waals surface area contributed by atoms with E-state index in [1.807, 2.05) is 0 Å². The van der Waals surface area contributed by atoms with Crippen LogP contribution in [0, 0.1) is 0 Å². The third-order valence-electron chi connectivity index (χ3n) is 2.45. The van der Waals surface area contributed by atoms with E-state index in [1.165, 1.54) is 19.3 Å². The third kappa shape index (κ3) is 4.32. The van der Waals surface area contributed by atoms with Crippen molar-refractivity contribution in [1.82, 2.24) is 9.29 Å². The zero-order valence-electron chi connectivity index (χ0n) is 10.7. The number of anilines is 1. The van der Waals surface area contributed by atoms with Gasteiger partial charge in [0.25, 0.3) is 0 Å². The average Bonchev–Trinajstić information content (AvgIpc) is 2.34. The van der Waals surface area contributed by atoms with Gasteiger partial charge < -0.3 is 5.32 Å². The molecule has 0 amide bonds. The van der Waals surface area contributed by atoms with Crippen LogP contribution >= 0.6 is 15.9 Å². The molecule has 5 nitrogen and oxygen atoms in total. The van der Waals surface area contributed by atoms with Gasteiger partial charge in [-0.05, 0) is 22.0 Å². The summed E-state index contributed by atoms with van der Waals surface area (Å²) in [6.45, 7) is -0.651. The number of halogens is 4. The lowest BCUT2D eigenvalue weighted by molar-refractivity contribution is -0.135. The van der Waals surface area contributed by atoms with Crippen molar-refractivity contribution in [3.8, 4) is 0 Å². The van der Waals surface area contributed by atoms with Gasteiger partial charge in [0.1, 0.15) is 10.7 Å². The van der Waals surface area contributed by atoms with Gasteiger partial charge in [0.05, 0.1) is 6.42 Å². The van der Waals surface area contributed by atoms with E-state index in [0.29, 0.717) is 8.78 Å². The predicted molar refractivity (Wildman–Crippen MR) is 72.0 cm³/mol. The first-order valence-corrected chi connectivity index (χ1v) is 7.67. The van der Waals surface area contributed by atoms with Gasteiger partial charge in [-0.1, -0.05) is 0 Å². The third-order valence-corrected chi connectivity index (χ3v) is 4.76. The summed E-state index contributed by atoms with van der Waals surface area (Å²) < 4.78 is 62.0. The molecule has 0 bridgehead atoms. The Labute approximate surface area is 123 Å². The number of alkyl halides is 3. The molecule has 10 heteroatoms. The normalized spacial score (nSPS) is 12.8. The number of nitrogens with zero attached hydrogens (tertiary/aromatic N) is 2. The van der Waals surface area contributed by atoms with Crippen LogP contribution in [0.15, 0.2) is 21.6 Å². The summed E-state index contributed by atoms with van der Waals surface area (Å²) >= 11 is 3.08. The van der Waals surface area contributed by atoms with Crippen LogP contribution in [0.2, 0.25) is 0 Å². The Balaban J connectivity index is 3.07. The van der Waals surface area contributed by atoms with E-state index in [-0.39, 0.29) is 10.7 Å². The zero-order valence-corrected chi connectivity index (χ0v) is 13.1. The molecule has 0 aliphatic heterocycles. The monoisotopic (exact) mass is 375 g/mol. The molecule has 114 valence electrons. The lowest BCUT2D eigenvalue weighted by atomic mass is 10.4. The van der Waals surface area contributed by atoms with Gasteiger partial charge in [-0.15, -0.1) is 0 Å². The Morgan fingerprint density at radius 3 is 2.55 bits per heavy atom. The lowest BCUT2D eigenvalue weighted by Gasteiger charge is -2.19. The van der Waals surface area contributed by atoms with Crippen LogP contribution in [-0.2, 0) is 10.0 Å². The zero-order chi connectivity index (χ0) is 15.6. The molecule has 0 spiro atoms. The fourth-order valence-electron chi connectivity index (χ4n) is 1.38. The molecule has 1 N–H and O–H groups in total. The molecule has 0 aromatic carbocycles. The molecule has 0 aliphatic carbocycles. The summed E-state index contributed by atoms with van der Waals surface area (Å²) in [5.41, 5.74) is 0. The molecular formula is C10H13BrF3N3O2S. The number of aromatic nitrogens is 1. The van der Waals surface area contributed by atoms with Gasteiger partial charge in [-0.3, -0.25) is 0 Å². The first kappa shape index (κ1) is 17.2. The number of hydrogen-bond acceptors (Lipinski definition) is 4. The van der Waals surface area contributed by atoms with E-state index in [2.05, 4.69) is 26.2 Å². The SMILES string of the molecule is CNc1ncc(Br)cc1S(=O)(=O)N(C)CCC(F)(F)F. The first-order valence-electron chi connectivity index (χ1n) is 5.44. The number of rotatable bonds is 5. The quantitative estimate of drug-likeness (QED) is 0.858. The maximum atomic E-state index is 12.2. The fraction of sp³-hybridized carbons (Fsp3) is 0.500. The van der Waals surface area contributed by atoms with E-state index in [4.69, 9.17) is 0 Å². The standard InChI is InChI=1S/C10H13BrF3N3O2S/c1-15-9-8(5-7(11)6-16-9)20(18,19)17(2)4-3-10(12,13)14/h5-6H,3-4H2,1-2H3,(H,15,16). The summed E-state index contributed by atoms with van der Waals surface area (Å²) in [7, 11) is -1.47. The predicted octanol–water partition coefficient (Wildman–Crippen LogP) is 2.46. The molecule has 1 aromatic rings. The van der Waals surface area contributed by atoms with Crippen LogP contribution < -0.4 is 5.32 Å². The Morgan fingerprint density at radius 2 is 2.05 bits per heavy atom. The number of nitrogens with one attached hydrogen (secondary N) is 1. The second-order valence-electron chi connectivity index (χ2n) is 3.94. The fourth-order valence-corrected chi connectivity index (χ4v) is 3.20. The summed E-state index contributed by atoms with van der Waals surface area (Å²) in [6, 6.07) is 1.29. The van der Waals surface area contributed by atoms with E-state index < -0.39 is 29.2 Å². The van der Waals surface area contributed by atoms with Gasteiger partial charge in [0.15, 0.2) is 0 Å². The minimum atomic E-state index is -4.41. The molecule has 0 atom stereocenters. The molecular weight excluding hydrogens is 363 g/mol. The van der Waals surface area contributed by atoms with Crippen molar-refractivity contribution >= 4 is 31.8 Å². The molecule has 1 heterocycles. The molecule has 1 rings (SSSR count). The Kier molecular flexibility index (Phi) is 5.39. The smallest absolute Gasteiger partial charge is 0.372 e. The van der Waals surface area contributed by atoms with Crippen LogP contribution in [0.3, 0.4) is 0 Å². The van der Waals surface area contributed by atoms with Crippen molar-refractivity contribution in [1.29, 1.82) is 0 Å². The molecule has 0 saturated carbocycles. The summed E-state index contributed by atoms with van der Waals surface area (Å²) in [4.78, 5) is 3.69.